The van der Waals surface area contributed by atoms with E-state index in [0.29, 0.717) is 11.6 Å². The first kappa shape index (κ1) is 20.9. The van der Waals surface area contributed by atoms with Gasteiger partial charge in [-0.05, 0) is 56.3 Å². The summed E-state index contributed by atoms with van der Waals surface area (Å²) in [6, 6.07) is 10.7. The SMILES string of the molecule is Cc1cc(/C=N\Nc2ccc(C(F)(F)F)cc2[N+](=O)[O-])c(C)n1-c1ccc(O)cc1. The molecular formula is C20H17F3N4O3. The third-order valence-electron chi connectivity index (χ3n) is 4.49. The van der Waals surface area contributed by atoms with Crippen molar-refractivity contribution >= 4 is 17.6 Å². The molecule has 0 aliphatic rings. The molecule has 0 saturated carbocycles. The standard InChI is InChI=1S/C20H17F3N4O3/c1-12-9-14(13(2)26(12)16-4-6-17(28)7-5-16)11-24-25-18-8-3-15(20(21,22)23)10-19(18)27(29)30/h3-11,25,28H,1-2H3/b24-11-. The fourth-order valence-corrected chi connectivity index (χ4v) is 3.04. The van der Waals surface area contributed by atoms with Crippen molar-refractivity contribution in [2.75, 3.05) is 5.43 Å². The van der Waals surface area contributed by atoms with Gasteiger partial charge in [0.05, 0.1) is 16.7 Å². The summed E-state index contributed by atoms with van der Waals surface area (Å²) < 4.78 is 40.3. The van der Waals surface area contributed by atoms with E-state index in [0.717, 1.165) is 29.2 Å². The normalized spacial score (nSPS) is 11.8. The van der Waals surface area contributed by atoms with Crippen LogP contribution >= 0.6 is 0 Å². The summed E-state index contributed by atoms with van der Waals surface area (Å²) >= 11 is 0. The zero-order chi connectivity index (χ0) is 22.1. The van der Waals surface area contributed by atoms with Crippen LogP contribution in [0.25, 0.3) is 5.69 Å². The Morgan fingerprint density at radius 2 is 1.80 bits per heavy atom. The summed E-state index contributed by atoms with van der Waals surface area (Å²) in [5.41, 5.74) is 3.70. The second-order valence-corrected chi connectivity index (χ2v) is 6.54. The second-order valence-electron chi connectivity index (χ2n) is 6.54. The van der Waals surface area contributed by atoms with Gasteiger partial charge in [-0.25, -0.2) is 0 Å². The van der Waals surface area contributed by atoms with E-state index in [9.17, 15) is 28.4 Å². The van der Waals surface area contributed by atoms with Crippen molar-refractivity contribution in [3.63, 3.8) is 0 Å². The molecule has 0 atom stereocenters. The minimum absolute atomic E-state index is 0.144. The van der Waals surface area contributed by atoms with Crippen molar-refractivity contribution in [3.8, 4) is 11.4 Å². The predicted octanol–water partition coefficient (Wildman–Crippen LogP) is 5.17. The van der Waals surface area contributed by atoms with E-state index < -0.39 is 22.4 Å². The molecular weight excluding hydrogens is 401 g/mol. The molecule has 0 fully saturated rings. The summed E-state index contributed by atoms with van der Waals surface area (Å²) in [6.45, 7) is 3.73. The van der Waals surface area contributed by atoms with Crippen LogP contribution in [0.4, 0.5) is 24.5 Å². The number of halogens is 3. The molecule has 0 spiro atoms. The summed E-state index contributed by atoms with van der Waals surface area (Å²) in [4.78, 5) is 10.2. The number of nitrogens with zero attached hydrogens (tertiary/aromatic N) is 3. The van der Waals surface area contributed by atoms with Crippen molar-refractivity contribution in [2.45, 2.75) is 20.0 Å². The minimum Gasteiger partial charge on any atom is -0.508 e. The fraction of sp³-hybridized carbons (Fsp3) is 0.150. The van der Waals surface area contributed by atoms with E-state index >= 15 is 0 Å². The molecule has 0 saturated heterocycles. The molecule has 1 heterocycles. The number of nitro benzene ring substituents is 1. The maximum Gasteiger partial charge on any atom is 0.416 e. The van der Waals surface area contributed by atoms with E-state index in [2.05, 4.69) is 10.5 Å². The van der Waals surface area contributed by atoms with E-state index in [1.807, 2.05) is 24.5 Å². The highest BCUT2D eigenvalue weighted by molar-refractivity contribution is 5.83. The lowest BCUT2D eigenvalue weighted by atomic mass is 10.1. The molecule has 30 heavy (non-hydrogen) atoms. The smallest absolute Gasteiger partial charge is 0.416 e. The molecule has 3 aromatic rings. The number of phenols is 1. The Bertz CT molecular complexity index is 1120. The number of hydrogen-bond acceptors (Lipinski definition) is 5. The monoisotopic (exact) mass is 418 g/mol. The molecule has 1 aromatic heterocycles. The van der Waals surface area contributed by atoms with Crippen LogP contribution in [0.2, 0.25) is 0 Å². The van der Waals surface area contributed by atoms with Gasteiger partial charge < -0.3 is 9.67 Å². The first-order chi connectivity index (χ1) is 14.1. The van der Waals surface area contributed by atoms with Crippen LogP contribution < -0.4 is 5.43 Å². The molecule has 2 aromatic carbocycles. The Morgan fingerprint density at radius 3 is 2.40 bits per heavy atom. The average Bonchev–Trinajstić information content (AvgIpc) is 2.95. The molecule has 0 bridgehead atoms. The van der Waals surface area contributed by atoms with Crippen LogP contribution in [-0.2, 0) is 6.18 Å². The number of nitro groups is 1. The lowest BCUT2D eigenvalue weighted by Gasteiger charge is -2.09. The number of hydrazone groups is 1. The number of rotatable bonds is 5. The van der Waals surface area contributed by atoms with Gasteiger partial charge in [-0.1, -0.05) is 0 Å². The van der Waals surface area contributed by atoms with Crippen LogP contribution in [0.1, 0.15) is 22.5 Å². The number of alkyl halides is 3. The number of anilines is 1. The fourth-order valence-electron chi connectivity index (χ4n) is 3.04. The summed E-state index contributed by atoms with van der Waals surface area (Å²) in [6.07, 6.45) is -3.25. The topological polar surface area (TPSA) is 92.7 Å². The highest BCUT2D eigenvalue weighted by atomic mass is 19.4. The van der Waals surface area contributed by atoms with Crippen molar-refractivity contribution in [1.82, 2.24) is 4.57 Å². The first-order valence-electron chi connectivity index (χ1n) is 8.71. The van der Waals surface area contributed by atoms with Gasteiger partial charge >= 0.3 is 6.18 Å². The van der Waals surface area contributed by atoms with Gasteiger partial charge in [0.2, 0.25) is 0 Å². The maximum atomic E-state index is 12.8. The second kappa shape index (κ2) is 7.90. The van der Waals surface area contributed by atoms with Gasteiger partial charge in [-0.15, -0.1) is 0 Å². The van der Waals surface area contributed by atoms with Crippen molar-refractivity contribution in [2.24, 2.45) is 5.10 Å². The summed E-state index contributed by atoms with van der Waals surface area (Å²) in [5, 5.41) is 24.5. The van der Waals surface area contributed by atoms with Gasteiger partial charge in [-0.2, -0.15) is 18.3 Å². The third-order valence-corrected chi connectivity index (χ3v) is 4.49. The van der Waals surface area contributed by atoms with Crippen LogP contribution in [0, 0.1) is 24.0 Å². The molecule has 156 valence electrons. The Hall–Kier alpha value is -3.82. The molecule has 0 amide bonds. The number of benzene rings is 2. The number of phenolic OH excluding ortho intramolecular Hbond substituents is 1. The molecule has 3 rings (SSSR count). The highest BCUT2D eigenvalue weighted by Crippen LogP contribution is 2.35. The van der Waals surface area contributed by atoms with E-state index in [4.69, 9.17) is 0 Å². The van der Waals surface area contributed by atoms with E-state index in [-0.39, 0.29) is 11.4 Å². The van der Waals surface area contributed by atoms with Gasteiger partial charge in [-0.3, -0.25) is 15.5 Å². The lowest BCUT2D eigenvalue weighted by Crippen LogP contribution is -2.06. The molecule has 10 heteroatoms. The molecule has 7 nitrogen and oxygen atoms in total. The molecule has 0 aliphatic carbocycles. The highest BCUT2D eigenvalue weighted by Gasteiger charge is 2.33. The molecule has 0 aliphatic heterocycles. The average molecular weight is 418 g/mol. The Morgan fingerprint density at radius 1 is 1.13 bits per heavy atom. The van der Waals surface area contributed by atoms with Gasteiger partial charge in [0, 0.05) is 28.7 Å². The summed E-state index contributed by atoms with van der Waals surface area (Å²) in [5.74, 6) is 0.144. The number of aromatic hydroxyl groups is 1. The van der Waals surface area contributed by atoms with Crippen LogP contribution in [0.5, 0.6) is 5.75 Å². The van der Waals surface area contributed by atoms with Gasteiger partial charge in [0.25, 0.3) is 5.69 Å². The Labute approximate surface area is 169 Å². The Balaban J connectivity index is 1.87. The van der Waals surface area contributed by atoms with Crippen LogP contribution in [-0.4, -0.2) is 20.8 Å². The number of aryl methyl sites for hydroxylation is 1. The van der Waals surface area contributed by atoms with Crippen molar-refractivity contribution < 1.29 is 23.2 Å². The number of hydrogen-bond donors (Lipinski definition) is 2. The minimum atomic E-state index is -4.68. The molecule has 2 N–H and O–H groups in total. The van der Waals surface area contributed by atoms with E-state index in [1.54, 1.807) is 24.3 Å². The summed E-state index contributed by atoms with van der Waals surface area (Å²) in [7, 11) is 0. The maximum absolute atomic E-state index is 12.8. The van der Waals surface area contributed by atoms with Crippen molar-refractivity contribution in [1.29, 1.82) is 0 Å². The zero-order valence-corrected chi connectivity index (χ0v) is 15.9. The predicted molar refractivity (Wildman–Crippen MR) is 106 cm³/mol. The zero-order valence-electron chi connectivity index (χ0n) is 15.9. The third kappa shape index (κ3) is 4.27. The number of nitrogens with one attached hydrogen (secondary N) is 1. The quantitative estimate of drug-likeness (QED) is 0.340. The Kier molecular flexibility index (Phi) is 5.50. The molecule has 0 radical (unpaired) electrons. The van der Waals surface area contributed by atoms with Gasteiger partial charge in [0.15, 0.2) is 0 Å². The first-order valence-corrected chi connectivity index (χ1v) is 8.71. The van der Waals surface area contributed by atoms with E-state index in [1.165, 1.54) is 6.21 Å². The van der Waals surface area contributed by atoms with Gasteiger partial charge in [0.1, 0.15) is 11.4 Å². The van der Waals surface area contributed by atoms with Crippen LogP contribution in [0.3, 0.4) is 0 Å². The largest absolute Gasteiger partial charge is 0.508 e. The van der Waals surface area contributed by atoms with Crippen LogP contribution in [0.15, 0.2) is 53.6 Å². The molecule has 0 unspecified atom stereocenters. The van der Waals surface area contributed by atoms with Crippen molar-refractivity contribution in [3.05, 3.63) is 81.2 Å². The lowest BCUT2D eigenvalue weighted by molar-refractivity contribution is -0.384. The number of aromatic nitrogens is 1.